The smallest absolute Gasteiger partial charge is 0.127 e. The molecule has 2 nitrogen and oxygen atoms in total. The van der Waals surface area contributed by atoms with E-state index in [4.69, 9.17) is 4.74 Å². The van der Waals surface area contributed by atoms with Gasteiger partial charge in [0.05, 0.1) is 0 Å². The van der Waals surface area contributed by atoms with E-state index < -0.39 is 0 Å². The second-order valence-electron chi connectivity index (χ2n) is 5.09. The largest absolute Gasteiger partial charge is 0.457 e. The number of hydrogen-bond acceptors (Lipinski definition) is 2. The van der Waals surface area contributed by atoms with Crippen molar-refractivity contribution in [2.24, 2.45) is 5.92 Å². The van der Waals surface area contributed by atoms with Gasteiger partial charge in [-0.25, -0.2) is 0 Å². The summed E-state index contributed by atoms with van der Waals surface area (Å²) in [6, 6.07) is 18.1. The normalized spacial score (nSPS) is 10.2. The van der Waals surface area contributed by atoms with Crippen molar-refractivity contribution in [2.75, 3.05) is 6.54 Å². The highest BCUT2D eigenvalue weighted by molar-refractivity contribution is 5.85. The fourth-order valence-electron chi connectivity index (χ4n) is 1.85. The molecule has 0 radical (unpaired) electrons. The van der Waals surface area contributed by atoms with Crippen molar-refractivity contribution in [3.8, 4) is 11.5 Å². The molecule has 0 aliphatic rings. The minimum Gasteiger partial charge on any atom is -0.457 e. The summed E-state index contributed by atoms with van der Waals surface area (Å²) in [4.78, 5) is 0. The van der Waals surface area contributed by atoms with Gasteiger partial charge in [0.25, 0.3) is 0 Å². The van der Waals surface area contributed by atoms with Gasteiger partial charge in [-0.1, -0.05) is 44.2 Å². The van der Waals surface area contributed by atoms with E-state index >= 15 is 0 Å². The molecule has 20 heavy (non-hydrogen) atoms. The third-order valence-electron chi connectivity index (χ3n) is 2.76. The summed E-state index contributed by atoms with van der Waals surface area (Å²) in [6.45, 7) is 6.33. The van der Waals surface area contributed by atoms with Crippen LogP contribution in [0.3, 0.4) is 0 Å². The molecule has 0 unspecified atom stereocenters. The van der Waals surface area contributed by atoms with Crippen molar-refractivity contribution in [3.05, 3.63) is 60.2 Å². The van der Waals surface area contributed by atoms with E-state index in [1.54, 1.807) is 0 Å². The van der Waals surface area contributed by atoms with Crippen molar-refractivity contribution >= 4 is 12.4 Å². The minimum atomic E-state index is 0. The second kappa shape index (κ2) is 8.62. The monoisotopic (exact) mass is 291 g/mol. The predicted molar refractivity (Wildman–Crippen MR) is 86.8 cm³/mol. The number of benzene rings is 2. The van der Waals surface area contributed by atoms with Gasteiger partial charge in [0.2, 0.25) is 0 Å². The van der Waals surface area contributed by atoms with Crippen molar-refractivity contribution in [2.45, 2.75) is 20.4 Å². The van der Waals surface area contributed by atoms with Crippen LogP contribution in [0.15, 0.2) is 54.6 Å². The van der Waals surface area contributed by atoms with Crippen LogP contribution in [-0.2, 0) is 6.54 Å². The zero-order valence-corrected chi connectivity index (χ0v) is 12.8. The Kier molecular flexibility index (Phi) is 7.13. The SMILES string of the molecule is CC(C)CNCc1cccc(Oc2ccccc2)c1.Cl. The van der Waals surface area contributed by atoms with Crippen molar-refractivity contribution in [3.63, 3.8) is 0 Å². The Morgan fingerprint density at radius 3 is 2.35 bits per heavy atom. The summed E-state index contributed by atoms with van der Waals surface area (Å²) in [5.41, 5.74) is 1.24. The number of ether oxygens (including phenoxy) is 1. The Morgan fingerprint density at radius 1 is 0.950 bits per heavy atom. The number of halogens is 1. The highest BCUT2D eigenvalue weighted by atomic mass is 35.5. The number of nitrogens with one attached hydrogen (secondary N) is 1. The molecule has 0 saturated carbocycles. The zero-order chi connectivity index (χ0) is 13.5. The molecule has 108 valence electrons. The van der Waals surface area contributed by atoms with Gasteiger partial charge in [-0.3, -0.25) is 0 Å². The fraction of sp³-hybridized carbons (Fsp3) is 0.294. The maximum atomic E-state index is 5.82. The number of rotatable bonds is 6. The van der Waals surface area contributed by atoms with Gasteiger partial charge in [-0.15, -0.1) is 12.4 Å². The van der Waals surface area contributed by atoms with Crippen LogP contribution in [0, 0.1) is 5.92 Å². The Labute approximate surface area is 127 Å². The average molecular weight is 292 g/mol. The van der Waals surface area contributed by atoms with Crippen LogP contribution in [-0.4, -0.2) is 6.54 Å². The molecular weight excluding hydrogens is 270 g/mol. The molecule has 2 rings (SSSR count). The van der Waals surface area contributed by atoms with Gasteiger partial charge >= 0.3 is 0 Å². The summed E-state index contributed by atoms with van der Waals surface area (Å²) in [6.07, 6.45) is 0. The second-order valence-corrected chi connectivity index (χ2v) is 5.09. The molecule has 0 bridgehead atoms. The van der Waals surface area contributed by atoms with Crippen LogP contribution in [0.4, 0.5) is 0 Å². The molecule has 2 aromatic carbocycles. The van der Waals surface area contributed by atoms with Crippen molar-refractivity contribution in [1.82, 2.24) is 5.32 Å². The maximum Gasteiger partial charge on any atom is 0.127 e. The van der Waals surface area contributed by atoms with E-state index in [9.17, 15) is 0 Å². The predicted octanol–water partition coefficient (Wildman–Crippen LogP) is 4.65. The fourth-order valence-corrected chi connectivity index (χ4v) is 1.85. The van der Waals surface area contributed by atoms with Crippen LogP contribution in [0.2, 0.25) is 0 Å². The molecule has 3 heteroatoms. The Bertz CT molecular complexity index is 499. The van der Waals surface area contributed by atoms with Crippen LogP contribution in [0.5, 0.6) is 11.5 Å². The quantitative estimate of drug-likeness (QED) is 0.837. The summed E-state index contributed by atoms with van der Waals surface area (Å²) in [5, 5.41) is 3.44. The third kappa shape index (κ3) is 5.64. The molecule has 0 aliphatic carbocycles. The average Bonchev–Trinajstić information content (AvgIpc) is 2.40. The van der Waals surface area contributed by atoms with E-state index in [0.29, 0.717) is 5.92 Å². The van der Waals surface area contributed by atoms with Crippen LogP contribution < -0.4 is 10.1 Å². The Balaban J connectivity index is 0.00000200. The van der Waals surface area contributed by atoms with Crippen LogP contribution in [0.1, 0.15) is 19.4 Å². The number of para-hydroxylation sites is 1. The van der Waals surface area contributed by atoms with Gasteiger partial charge in [-0.05, 0) is 42.3 Å². The molecule has 1 N–H and O–H groups in total. The molecule has 2 aromatic rings. The van der Waals surface area contributed by atoms with E-state index in [2.05, 4.69) is 31.3 Å². The van der Waals surface area contributed by atoms with E-state index in [1.165, 1.54) is 5.56 Å². The lowest BCUT2D eigenvalue weighted by molar-refractivity contribution is 0.481. The summed E-state index contributed by atoms with van der Waals surface area (Å²) >= 11 is 0. The lowest BCUT2D eigenvalue weighted by atomic mass is 10.2. The first-order valence-corrected chi connectivity index (χ1v) is 6.76. The number of hydrogen-bond donors (Lipinski definition) is 1. The first-order chi connectivity index (χ1) is 9.24. The third-order valence-corrected chi connectivity index (χ3v) is 2.76. The molecule has 0 fully saturated rings. The van der Waals surface area contributed by atoms with Gasteiger partial charge in [-0.2, -0.15) is 0 Å². The highest BCUT2D eigenvalue weighted by Crippen LogP contribution is 2.21. The highest BCUT2D eigenvalue weighted by Gasteiger charge is 1.99. The Hall–Kier alpha value is -1.51. The van der Waals surface area contributed by atoms with E-state index in [0.717, 1.165) is 24.6 Å². The molecule has 0 aliphatic heterocycles. The topological polar surface area (TPSA) is 21.3 Å². The van der Waals surface area contributed by atoms with Gasteiger partial charge in [0, 0.05) is 6.54 Å². The van der Waals surface area contributed by atoms with E-state index in [-0.39, 0.29) is 12.4 Å². The summed E-state index contributed by atoms with van der Waals surface area (Å²) in [5.74, 6) is 2.42. The van der Waals surface area contributed by atoms with Crippen LogP contribution >= 0.6 is 12.4 Å². The zero-order valence-electron chi connectivity index (χ0n) is 12.0. The van der Waals surface area contributed by atoms with Gasteiger partial charge in [0.15, 0.2) is 0 Å². The molecular formula is C17H22ClNO. The minimum absolute atomic E-state index is 0. The molecule has 0 saturated heterocycles. The lowest BCUT2D eigenvalue weighted by Gasteiger charge is -2.09. The molecule has 0 aromatic heterocycles. The van der Waals surface area contributed by atoms with Crippen LogP contribution in [0.25, 0.3) is 0 Å². The maximum absolute atomic E-state index is 5.82. The van der Waals surface area contributed by atoms with Crippen molar-refractivity contribution < 1.29 is 4.74 Å². The molecule has 0 heterocycles. The van der Waals surface area contributed by atoms with E-state index in [1.807, 2.05) is 42.5 Å². The van der Waals surface area contributed by atoms with Gasteiger partial charge in [0.1, 0.15) is 11.5 Å². The standard InChI is InChI=1S/C17H21NO.ClH/c1-14(2)12-18-13-15-7-6-10-17(11-15)19-16-8-4-3-5-9-16;/h3-11,14,18H,12-13H2,1-2H3;1H. The first-order valence-electron chi connectivity index (χ1n) is 6.76. The molecule has 0 atom stereocenters. The lowest BCUT2D eigenvalue weighted by Crippen LogP contribution is -2.18. The van der Waals surface area contributed by atoms with Crippen molar-refractivity contribution in [1.29, 1.82) is 0 Å². The van der Waals surface area contributed by atoms with Gasteiger partial charge < -0.3 is 10.1 Å². The molecule has 0 amide bonds. The Morgan fingerprint density at radius 2 is 1.65 bits per heavy atom. The summed E-state index contributed by atoms with van der Waals surface area (Å²) in [7, 11) is 0. The first kappa shape index (κ1) is 16.5. The summed E-state index contributed by atoms with van der Waals surface area (Å²) < 4.78 is 5.82. The molecule has 0 spiro atoms.